The maximum Gasteiger partial charge on any atom is 0.157 e. The van der Waals surface area contributed by atoms with Crippen molar-refractivity contribution in [1.82, 2.24) is 9.97 Å². The molecule has 0 aliphatic heterocycles. The maximum absolute atomic E-state index is 5.77. The zero-order valence-electron chi connectivity index (χ0n) is 8.29. The summed E-state index contributed by atoms with van der Waals surface area (Å²) in [6.45, 7) is 6.45. The highest BCUT2D eigenvalue weighted by Gasteiger charge is 2.09. The second kappa shape index (κ2) is 4.28. The van der Waals surface area contributed by atoms with Crippen LogP contribution in [0.3, 0.4) is 0 Å². The fraction of sp³-hybridized carbons (Fsp3) is 0.333. The average molecular weight is 213 g/mol. The first-order chi connectivity index (χ1) is 6.52. The number of nitrogens with two attached hydrogens (primary N) is 1. The van der Waals surface area contributed by atoms with Gasteiger partial charge in [-0.05, 0) is 6.92 Å². The molecule has 76 valence electrons. The Kier molecular flexibility index (Phi) is 3.30. The molecule has 0 fully saturated rings. The minimum Gasteiger partial charge on any atom is -0.393 e. The zero-order valence-corrected chi connectivity index (χ0v) is 9.04. The van der Waals surface area contributed by atoms with Gasteiger partial charge >= 0.3 is 0 Å². The van der Waals surface area contributed by atoms with Gasteiger partial charge in [0.05, 0.1) is 0 Å². The van der Waals surface area contributed by atoms with Gasteiger partial charge in [-0.2, -0.15) is 0 Å². The van der Waals surface area contributed by atoms with E-state index in [4.69, 9.17) is 17.3 Å². The fourth-order valence-corrected chi connectivity index (χ4v) is 1.28. The first-order valence-electron chi connectivity index (χ1n) is 4.14. The lowest BCUT2D eigenvalue weighted by molar-refractivity contribution is 0.946. The van der Waals surface area contributed by atoms with Gasteiger partial charge in [0, 0.05) is 13.6 Å². The lowest BCUT2D eigenvalue weighted by atomic mass is 10.3. The fourth-order valence-electron chi connectivity index (χ4n) is 1.15. The van der Waals surface area contributed by atoms with Gasteiger partial charge in [-0.3, -0.25) is 0 Å². The predicted molar refractivity (Wildman–Crippen MR) is 59.5 cm³/mol. The minimum absolute atomic E-state index is 0.281. The number of likely N-dealkylation sites (N-methyl/N-ethyl adjacent to an activating group) is 1. The van der Waals surface area contributed by atoms with Crippen molar-refractivity contribution < 1.29 is 0 Å². The van der Waals surface area contributed by atoms with Gasteiger partial charge in [0.25, 0.3) is 0 Å². The van der Waals surface area contributed by atoms with E-state index in [1.165, 1.54) is 6.33 Å². The SMILES string of the molecule is C=C(C)CN(C)c1ncnc(Cl)c1N. The van der Waals surface area contributed by atoms with Crippen LogP contribution in [0.2, 0.25) is 5.15 Å². The summed E-state index contributed by atoms with van der Waals surface area (Å²) in [5, 5.41) is 0.281. The van der Waals surface area contributed by atoms with E-state index in [0.29, 0.717) is 18.1 Å². The van der Waals surface area contributed by atoms with Crippen LogP contribution in [-0.2, 0) is 0 Å². The Morgan fingerprint density at radius 3 is 2.86 bits per heavy atom. The van der Waals surface area contributed by atoms with Crippen LogP contribution in [0.4, 0.5) is 11.5 Å². The molecule has 0 spiro atoms. The highest BCUT2D eigenvalue weighted by Crippen LogP contribution is 2.24. The third kappa shape index (κ3) is 2.35. The van der Waals surface area contributed by atoms with Gasteiger partial charge < -0.3 is 10.6 Å². The minimum atomic E-state index is 0.281. The van der Waals surface area contributed by atoms with E-state index in [-0.39, 0.29) is 5.15 Å². The summed E-state index contributed by atoms with van der Waals surface area (Å²) >= 11 is 5.77. The molecule has 1 rings (SSSR count). The van der Waals surface area contributed by atoms with Crippen LogP contribution >= 0.6 is 11.6 Å². The molecule has 0 aliphatic rings. The third-order valence-corrected chi connectivity index (χ3v) is 1.98. The maximum atomic E-state index is 5.77. The summed E-state index contributed by atoms with van der Waals surface area (Å²) < 4.78 is 0. The second-order valence-corrected chi connectivity index (χ2v) is 3.57. The van der Waals surface area contributed by atoms with Crippen LogP contribution < -0.4 is 10.6 Å². The number of nitrogens with zero attached hydrogens (tertiary/aromatic N) is 3. The molecular weight excluding hydrogens is 200 g/mol. The molecule has 0 aliphatic carbocycles. The largest absolute Gasteiger partial charge is 0.393 e. The predicted octanol–water partition coefficient (Wildman–Crippen LogP) is 1.72. The topological polar surface area (TPSA) is 55.0 Å². The molecule has 14 heavy (non-hydrogen) atoms. The van der Waals surface area contributed by atoms with E-state index in [1.807, 2.05) is 18.9 Å². The summed E-state index contributed by atoms with van der Waals surface area (Å²) in [6.07, 6.45) is 1.39. The molecule has 1 heterocycles. The van der Waals surface area contributed by atoms with E-state index in [1.54, 1.807) is 0 Å². The summed E-state index contributed by atoms with van der Waals surface area (Å²) in [7, 11) is 1.88. The Labute approximate surface area is 88.4 Å². The number of anilines is 2. The van der Waals surface area contributed by atoms with Crippen LogP contribution in [0.1, 0.15) is 6.92 Å². The number of aromatic nitrogens is 2. The van der Waals surface area contributed by atoms with Gasteiger partial charge in [0.1, 0.15) is 12.0 Å². The van der Waals surface area contributed by atoms with Crippen molar-refractivity contribution in [1.29, 1.82) is 0 Å². The lowest BCUT2D eigenvalue weighted by Crippen LogP contribution is -2.21. The Balaban J connectivity index is 2.95. The van der Waals surface area contributed by atoms with Crippen LogP contribution in [0.5, 0.6) is 0 Å². The molecule has 5 heteroatoms. The number of halogens is 1. The normalized spacial score (nSPS) is 9.93. The van der Waals surface area contributed by atoms with Gasteiger partial charge in [0.2, 0.25) is 0 Å². The van der Waals surface area contributed by atoms with E-state index in [2.05, 4.69) is 16.5 Å². The van der Waals surface area contributed by atoms with Crippen LogP contribution in [0.25, 0.3) is 0 Å². The van der Waals surface area contributed by atoms with Crippen molar-refractivity contribution in [2.24, 2.45) is 0 Å². The molecular formula is C9H13ClN4. The summed E-state index contributed by atoms with van der Waals surface area (Å²) in [4.78, 5) is 9.72. The lowest BCUT2D eigenvalue weighted by Gasteiger charge is -2.19. The van der Waals surface area contributed by atoms with Crippen molar-refractivity contribution in [2.75, 3.05) is 24.2 Å². The van der Waals surface area contributed by atoms with Crippen molar-refractivity contribution in [3.05, 3.63) is 23.6 Å². The standard InChI is InChI=1S/C9H13ClN4/c1-6(2)4-14(3)9-7(11)8(10)12-5-13-9/h5H,1,4,11H2,2-3H3. The van der Waals surface area contributed by atoms with Crippen LogP contribution in [0.15, 0.2) is 18.5 Å². The molecule has 0 saturated carbocycles. The first-order valence-corrected chi connectivity index (χ1v) is 4.51. The highest BCUT2D eigenvalue weighted by molar-refractivity contribution is 6.32. The number of hydrogen-bond donors (Lipinski definition) is 1. The molecule has 1 aromatic rings. The zero-order chi connectivity index (χ0) is 10.7. The molecule has 0 amide bonds. The van der Waals surface area contributed by atoms with Crippen LogP contribution in [0, 0.1) is 0 Å². The molecule has 0 atom stereocenters. The van der Waals surface area contributed by atoms with Gasteiger partial charge in [-0.1, -0.05) is 23.8 Å². The van der Waals surface area contributed by atoms with Crippen molar-refractivity contribution in [3.8, 4) is 0 Å². The molecule has 0 bridgehead atoms. The monoisotopic (exact) mass is 212 g/mol. The Morgan fingerprint density at radius 1 is 1.64 bits per heavy atom. The van der Waals surface area contributed by atoms with Crippen molar-refractivity contribution in [3.63, 3.8) is 0 Å². The number of hydrogen-bond acceptors (Lipinski definition) is 4. The van der Waals surface area contributed by atoms with Gasteiger partial charge in [-0.15, -0.1) is 0 Å². The second-order valence-electron chi connectivity index (χ2n) is 3.21. The number of nitrogen functional groups attached to an aromatic ring is 1. The summed E-state index contributed by atoms with van der Waals surface area (Å²) in [6, 6.07) is 0. The molecule has 0 saturated heterocycles. The van der Waals surface area contributed by atoms with Crippen molar-refractivity contribution in [2.45, 2.75) is 6.92 Å². The van der Waals surface area contributed by atoms with E-state index >= 15 is 0 Å². The van der Waals surface area contributed by atoms with Crippen LogP contribution in [-0.4, -0.2) is 23.6 Å². The van der Waals surface area contributed by atoms with Crippen molar-refractivity contribution >= 4 is 23.1 Å². The molecule has 4 nitrogen and oxygen atoms in total. The highest BCUT2D eigenvalue weighted by atomic mass is 35.5. The molecule has 0 aromatic carbocycles. The molecule has 0 radical (unpaired) electrons. The van der Waals surface area contributed by atoms with E-state index < -0.39 is 0 Å². The van der Waals surface area contributed by atoms with E-state index in [9.17, 15) is 0 Å². The third-order valence-electron chi connectivity index (χ3n) is 1.68. The summed E-state index contributed by atoms with van der Waals surface area (Å²) in [5.41, 5.74) is 7.16. The molecule has 1 aromatic heterocycles. The molecule has 0 unspecified atom stereocenters. The van der Waals surface area contributed by atoms with E-state index in [0.717, 1.165) is 5.57 Å². The summed E-state index contributed by atoms with van der Waals surface area (Å²) in [5.74, 6) is 0.632. The average Bonchev–Trinajstić information content (AvgIpc) is 2.08. The smallest absolute Gasteiger partial charge is 0.157 e. The Hall–Kier alpha value is -1.29. The van der Waals surface area contributed by atoms with Gasteiger partial charge in [-0.25, -0.2) is 9.97 Å². The Bertz CT molecular complexity index is 351. The first kappa shape index (κ1) is 10.8. The molecule has 2 N–H and O–H groups in total. The number of rotatable bonds is 3. The Morgan fingerprint density at radius 2 is 2.29 bits per heavy atom. The van der Waals surface area contributed by atoms with Gasteiger partial charge in [0.15, 0.2) is 11.0 Å². The quantitative estimate of drug-likeness (QED) is 0.613.